The van der Waals surface area contributed by atoms with E-state index < -0.39 is 0 Å². The van der Waals surface area contributed by atoms with Crippen molar-refractivity contribution in [1.82, 2.24) is 4.90 Å². The van der Waals surface area contributed by atoms with Crippen LogP contribution in [0.4, 0.5) is 5.69 Å². The van der Waals surface area contributed by atoms with Crippen LogP contribution in [0.1, 0.15) is 18.9 Å². The molecule has 25 heavy (non-hydrogen) atoms. The van der Waals surface area contributed by atoms with Crippen molar-refractivity contribution in [3.63, 3.8) is 0 Å². The van der Waals surface area contributed by atoms with E-state index in [1.54, 1.807) is 0 Å². The standard InChI is InChI=1S/C21H26N2O2/c1-2-18-8-6-7-11-20(18)22-13-15-23(16-14-22)21(24)12-17-25-19-9-4-3-5-10-19/h3-11H,2,12-17H2,1H3. The number of ether oxygens (including phenoxy) is 1. The van der Waals surface area contributed by atoms with Crippen molar-refractivity contribution in [2.45, 2.75) is 19.8 Å². The lowest BCUT2D eigenvalue weighted by atomic mass is 10.1. The molecule has 1 aliphatic heterocycles. The number of piperazine rings is 1. The number of hydrogen-bond donors (Lipinski definition) is 0. The van der Waals surface area contributed by atoms with Gasteiger partial charge in [-0.25, -0.2) is 0 Å². The molecule has 1 saturated heterocycles. The van der Waals surface area contributed by atoms with Crippen LogP contribution < -0.4 is 9.64 Å². The van der Waals surface area contributed by atoms with Crippen molar-refractivity contribution in [1.29, 1.82) is 0 Å². The van der Waals surface area contributed by atoms with Crippen LogP contribution in [0.15, 0.2) is 54.6 Å². The third-order valence-corrected chi connectivity index (χ3v) is 4.67. The lowest BCUT2D eigenvalue weighted by Gasteiger charge is -2.37. The molecule has 1 heterocycles. The largest absolute Gasteiger partial charge is 0.493 e. The molecule has 0 aromatic heterocycles. The molecular weight excluding hydrogens is 312 g/mol. The molecule has 0 saturated carbocycles. The molecule has 0 N–H and O–H groups in total. The highest BCUT2D eigenvalue weighted by molar-refractivity contribution is 5.76. The third-order valence-electron chi connectivity index (χ3n) is 4.67. The van der Waals surface area contributed by atoms with E-state index in [-0.39, 0.29) is 5.91 Å². The number of hydrogen-bond acceptors (Lipinski definition) is 3. The topological polar surface area (TPSA) is 32.8 Å². The summed E-state index contributed by atoms with van der Waals surface area (Å²) in [6.45, 7) is 5.96. The first-order chi connectivity index (χ1) is 12.3. The van der Waals surface area contributed by atoms with E-state index in [1.807, 2.05) is 35.2 Å². The maximum Gasteiger partial charge on any atom is 0.226 e. The van der Waals surface area contributed by atoms with Crippen molar-refractivity contribution in [2.75, 3.05) is 37.7 Å². The maximum absolute atomic E-state index is 12.4. The summed E-state index contributed by atoms with van der Waals surface area (Å²) in [7, 11) is 0. The lowest BCUT2D eigenvalue weighted by molar-refractivity contribution is -0.132. The van der Waals surface area contributed by atoms with Crippen molar-refractivity contribution in [3.05, 3.63) is 60.2 Å². The second-order valence-electron chi connectivity index (χ2n) is 6.26. The molecule has 2 aromatic rings. The predicted molar refractivity (Wildman–Crippen MR) is 101 cm³/mol. The van der Waals surface area contributed by atoms with Gasteiger partial charge in [-0.1, -0.05) is 43.3 Å². The van der Waals surface area contributed by atoms with Gasteiger partial charge in [0.05, 0.1) is 13.0 Å². The molecule has 0 aliphatic carbocycles. The van der Waals surface area contributed by atoms with E-state index in [0.29, 0.717) is 13.0 Å². The number of anilines is 1. The molecule has 132 valence electrons. The van der Waals surface area contributed by atoms with Gasteiger partial charge < -0.3 is 14.5 Å². The normalized spacial score (nSPS) is 14.4. The Bertz CT molecular complexity index is 679. The Morgan fingerprint density at radius 3 is 2.36 bits per heavy atom. The van der Waals surface area contributed by atoms with Gasteiger partial charge in [0.15, 0.2) is 0 Å². The molecule has 3 rings (SSSR count). The summed E-state index contributed by atoms with van der Waals surface area (Å²) in [5.41, 5.74) is 2.68. The van der Waals surface area contributed by atoms with Crippen LogP contribution in [-0.2, 0) is 11.2 Å². The SMILES string of the molecule is CCc1ccccc1N1CCN(C(=O)CCOc2ccccc2)CC1. The minimum atomic E-state index is 0.180. The number of carbonyl (C=O) groups is 1. The molecule has 0 bridgehead atoms. The lowest BCUT2D eigenvalue weighted by Crippen LogP contribution is -2.49. The minimum absolute atomic E-state index is 0.180. The van der Waals surface area contributed by atoms with Gasteiger partial charge in [0.1, 0.15) is 5.75 Å². The highest BCUT2D eigenvalue weighted by Gasteiger charge is 2.22. The summed E-state index contributed by atoms with van der Waals surface area (Å²) in [5, 5.41) is 0. The fourth-order valence-electron chi connectivity index (χ4n) is 3.25. The van der Waals surface area contributed by atoms with Crippen LogP contribution in [0.2, 0.25) is 0 Å². The molecule has 2 aromatic carbocycles. The fourth-order valence-corrected chi connectivity index (χ4v) is 3.25. The zero-order valence-corrected chi connectivity index (χ0v) is 14.9. The van der Waals surface area contributed by atoms with Gasteiger partial charge in [0, 0.05) is 31.9 Å². The highest BCUT2D eigenvalue weighted by Crippen LogP contribution is 2.22. The highest BCUT2D eigenvalue weighted by atomic mass is 16.5. The van der Waals surface area contributed by atoms with Crippen LogP contribution in [0.25, 0.3) is 0 Å². The number of benzene rings is 2. The Morgan fingerprint density at radius 2 is 1.64 bits per heavy atom. The first-order valence-electron chi connectivity index (χ1n) is 9.06. The second kappa shape index (κ2) is 8.56. The van der Waals surface area contributed by atoms with Crippen molar-refractivity contribution < 1.29 is 9.53 Å². The van der Waals surface area contributed by atoms with Crippen molar-refractivity contribution in [3.8, 4) is 5.75 Å². The Balaban J connectivity index is 1.46. The average Bonchev–Trinajstić information content (AvgIpc) is 2.69. The van der Waals surface area contributed by atoms with Gasteiger partial charge in [0.2, 0.25) is 5.91 Å². The molecule has 1 aliphatic rings. The summed E-state index contributed by atoms with van der Waals surface area (Å²) in [6.07, 6.45) is 1.46. The smallest absolute Gasteiger partial charge is 0.226 e. The first kappa shape index (κ1) is 17.3. The van der Waals surface area contributed by atoms with E-state index in [9.17, 15) is 4.79 Å². The predicted octanol–water partition coefficient (Wildman–Crippen LogP) is 3.37. The number of aryl methyl sites for hydroxylation is 1. The van der Waals surface area contributed by atoms with Gasteiger partial charge in [-0.2, -0.15) is 0 Å². The van der Waals surface area contributed by atoms with E-state index >= 15 is 0 Å². The van der Waals surface area contributed by atoms with E-state index in [4.69, 9.17) is 4.74 Å². The van der Waals surface area contributed by atoms with Crippen LogP contribution >= 0.6 is 0 Å². The third kappa shape index (κ3) is 4.53. The Hall–Kier alpha value is -2.49. The molecule has 0 unspecified atom stereocenters. The summed E-state index contributed by atoms with van der Waals surface area (Å²) in [5.74, 6) is 0.996. The quantitative estimate of drug-likeness (QED) is 0.810. The average molecular weight is 338 g/mol. The van der Waals surface area contributed by atoms with Crippen molar-refractivity contribution in [2.24, 2.45) is 0 Å². The van der Waals surface area contributed by atoms with Gasteiger partial charge in [0.25, 0.3) is 0 Å². The number of amides is 1. The summed E-state index contributed by atoms with van der Waals surface area (Å²) in [4.78, 5) is 16.7. The van der Waals surface area contributed by atoms with Gasteiger partial charge >= 0.3 is 0 Å². The molecule has 0 atom stereocenters. The molecule has 1 amide bonds. The summed E-state index contributed by atoms with van der Waals surface area (Å²) in [6, 6.07) is 18.2. The van der Waals surface area contributed by atoms with Gasteiger partial charge in [-0.15, -0.1) is 0 Å². The molecule has 4 nitrogen and oxygen atoms in total. The summed E-state index contributed by atoms with van der Waals surface area (Å²) < 4.78 is 5.63. The van der Waals surface area contributed by atoms with E-state index in [0.717, 1.165) is 38.3 Å². The Morgan fingerprint density at radius 1 is 0.960 bits per heavy atom. The number of para-hydroxylation sites is 2. The number of rotatable bonds is 6. The summed E-state index contributed by atoms with van der Waals surface area (Å²) >= 11 is 0. The number of nitrogens with zero attached hydrogens (tertiary/aromatic N) is 2. The molecular formula is C21H26N2O2. The second-order valence-corrected chi connectivity index (χ2v) is 6.26. The van der Waals surface area contributed by atoms with Crippen LogP contribution in [0.3, 0.4) is 0 Å². The Kier molecular flexibility index (Phi) is 5.94. The van der Waals surface area contributed by atoms with E-state index in [1.165, 1.54) is 11.3 Å². The van der Waals surface area contributed by atoms with Gasteiger partial charge in [-0.05, 0) is 30.2 Å². The maximum atomic E-state index is 12.4. The van der Waals surface area contributed by atoms with Crippen molar-refractivity contribution >= 4 is 11.6 Å². The first-order valence-corrected chi connectivity index (χ1v) is 9.06. The minimum Gasteiger partial charge on any atom is -0.493 e. The molecule has 4 heteroatoms. The Labute approximate surface area is 150 Å². The van der Waals surface area contributed by atoms with Crippen LogP contribution in [0.5, 0.6) is 5.75 Å². The van der Waals surface area contributed by atoms with Crippen LogP contribution in [-0.4, -0.2) is 43.6 Å². The van der Waals surface area contributed by atoms with Crippen LogP contribution in [0, 0.1) is 0 Å². The monoisotopic (exact) mass is 338 g/mol. The number of carbonyl (C=O) groups excluding carboxylic acids is 1. The molecule has 1 fully saturated rings. The van der Waals surface area contributed by atoms with E-state index in [2.05, 4.69) is 36.1 Å². The fraction of sp³-hybridized carbons (Fsp3) is 0.381. The molecule has 0 radical (unpaired) electrons. The zero-order valence-electron chi connectivity index (χ0n) is 14.9. The van der Waals surface area contributed by atoms with Gasteiger partial charge in [-0.3, -0.25) is 4.79 Å². The zero-order chi connectivity index (χ0) is 17.5. The molecule has 0 spiro atoms.